The minimum absolute atomic E-state index is 0.200. The Labute approximate surface area is 193 Å². The van der Waals surface area contributed by atoms with E-state index in [-0.39, 0.29) is 5.69 Å². The molecular formula is C27H27N2O4-. The molecule has 4 aromatic rings. The van der Waals surface area contributed by atoms with Crippen LogP contribution in [0.15, 0.2) is 72.8 Å². The third-order valence-corrected chi connectivity index (χ3v) is 5.63. The normalized spacial score (nSPS) is 11.0. The van der Waals surface area contributed by atoms with Crippen molar-refractivity contribution >= 4 is 16.9 Å². The number of carboxylic acids is 1. The monoisotopic (exact) mass is 443 g/mol. The number of nitrogens with one attached hydrogen (secondary N) is 1. The molecule has 33 heavy (non-hydrogen) atoms. The third kappa shape index (κ3) is 5.02. The topological polar surface area (TPSA) is 75.5 Å². The maximum Gasteiger partial charge on any atom is 0.119 e. The maximum atomic E-state index is 12.2. The molecule has 6 nitrogen and oxygen atoms in total. The van der Waals surface area contributed by atoms with Crippen LogP contribution in [0.25, 0.3) is 10.9 Å². The molecule has 0 unspecified atom stereocenters. The Morgan fingerprint density at radius 3 is 2.24 bits per heavy atom. The van der Waals surface area contributed by atoms with Crippen LogP contribution in [-0.2, 0) is 19.6 Å². The summed E-state index contributed by atoms with van der Waals surface area (Å²) in [6, 6.07) is 23.3. The van der Waals surface area contributed by atoms with Crippen LogP contribution in [0.1, 0.15) is 34.1 Å². The van der Waals surface area contributed by atoms with Gasteiger partial charge in [-0.25, -0.2) is 0 Å². The molecular weight excluding hydrogens is 416 g/mol. The fourth-order valence-electron chi connectivity index (χ4n) is 4.07. The smallest absolute Gasteiger partial charge is 0.119 e. The van der Waals surface area contributed by atoms with Crippen LogP contribution in [0.5, 0.6) is 11.5 Å². The van der Waals surface area contributed by atoms with E-state index in [1.807, 2.05) is 84.3 Å². The predicted octanol–water partition coefficient (Wildman–Crippen LogP) is 3.75. The summed E-state index contributed by atoms with van der Waals surface area (Å²) in [5.74, 6) is 0.412. The maximum absolute atomic E-state index is 12.2. The molecule has 0 atom stereocenters. The molecule has 0 saturated heterocycles. The lowest BCUT2D eigenvalue weighted by Gasteiger charge is -2.14. The first kappa shape index (κ1) is 22.4. The molecule has 1 N–H and O–H groups in total. The highest BCUT2D eigenvalue weighted by Gasteiger charge is 2.18. The zero-order valence-corrected chi connectivity index (χ0v) is 18.8. The van der Waals surface area contributed by atoms with Crippen LogP contribution in [0.3, 0.4) is 0 Å². The van der Waals surface area contributed by atoms with E-state index in [9.17, 15) is 9.90 Å². The van der Waals surface area contributed by atoms with E-state index in [0.717, 1.165) is 39.1 Å². The number of nitrogens with zero attached hydrogens (tertiary/aromatic N) is 1. The van der Waals surface area contributed by atoms with E-state index in [2.05, 4.69) is 5.32 Å². The lowest BCUT2D eigenvalue weighted by Crippen LogP contribution is -2.28. The average molecular weight is 444 g/mol. The van der Waals surface area contributed by atoms with Gasteiger partial charge in [0.15, 0.2) is 0 Å². The van der Waals surface area contributed by atoms with Gasteiger partial charge in [0, 0.05) is 36.1 Å². The zero-order chi connectivity index (χ0) is 23.2. The van der Waals surface area contributed by atoms with Crippen molar-refractivity contribution in [1.82, 2.24) is 9.88 Å². The zero-order valence-electron chi connectivity index (χ0n) is 18.8. The second-order valence-electron chi connectivity index (χ2n) is 7.75. The van der Waals surface area contributed by atoms with Crippen LogP contribution in [0, 0.1) is 0 Å². The van der Waals surface area contributed by atoms with Crippen molar-refractivity contribution in [3.8, 4) is 11.5 Å². The van der Waals surface area contributed by atoms with Crippen molar-refractivity contribution in [2.45, 2.75) is 26.6 Å². The van der Waals surface area contributed by atoms with Gasteiger partial charge in [-0.1, -0.05) is 42.5 Å². The highest BCUT2D eigenvalue weighted by atomic mass is 16.5. The number of hydrogen-bond acceptors (Lipinski definition) is 5. The molecule has 0 aliphatic rings. The number of carbonyl (C=O) groups is 1. The number of methoxy groups -OCH3 is 1. The molecule has 6 heteroatoms. The fraction of sp³-hybridized carbons (Fsp3) is 0.222. The van der Waals surface area contributed by atoms with Crippen LogP contribution in [0.4, 0.5) is 0 Å². The minimum atomic E-state index is -1.18. The lowest BCUT2D eigenvalue weighted by molar-refractivity contribution is -0.255. The summed E-state index contributed by atoms with van der Waals surface area (Å²) >= 11 is 0. The van der Waals surface area contributed by atoms with Crippen molar-refractivity contribution in [2.24, 2.45) is 0 Å². The van der Waals surface area contributed by atoms with Crippen LogP contribution < -0.4 is 19.9 Å². The Balaban J connectivity index is 1.60. The third-order valence-electron chi connectivity index (χ3n) is 5.63. The highest BCUT2D eigenvalue weighted by molar-refractivity contribution is 5.97. The largest absolute Gasteiger partial charge is 0.543 e. The number of benzene rings is 3. The van der Waals surface area contributed by atoms with Crippen LogP contribution in [0.2, 0.25) is 0 Å². The van der Waals surface area contributed by atoms with Gasteiger partial charge in [-0.2, -0.15) is 0 Å². The second-order valence-corrected chi connectivity index (χ2v) is 7.75. The van der Waals surface area contributed by atoms with E-state index in [1.165, 1.54) is 0 Å². The van der Waals surface area contributed by atoms with Gasteiger partial charge < -0.3 is 29.3 Å². The van der Waals surface area contributed by atoms with Gasteiger partial charge in [0.25, 0.3) is 0 Å². The average Bonchev–Trinajstić information content (AvgIpc) is 3.14. The Bertz CT molecular complexity index is 1230. The standard InChI is InChI=1S/C27H28N2O4/c1-3-33-22-14-8-19(9-15-22)16-28-17-24-23-6-4-5-7-25(23)29(26(24)27(30)31)18-20-10-12-21(32-2)13-11-20/h4-15,28H,3,16-18H2,1-2H3,(H,30,31)/p-1. The van der Waals surface area contributed by atoms with Crippen molar-refractivity contribution in [1.29, 1.82) is 0 Å². The van der Waals surface area contributed by atoms with Crippen LogP contribution >= 0.6 is 0 Å². The molecule has 1 aromatic heterocycles. The number of aromatic nitrogens is 1. The molecule has 0 fully saturated rings. The summed E-state index contributed by atoms with van der Waals surface area (Å²) in [6.07, 6.45) is 0. The summed E-state index contributed by atoms with van der Waals surface area (Å²) in [5, 5.41) is 16.5. The summed E-state index contributed by atoms with van der Waals surface area (Å²) in [4.78, 5) is 12.2. The number of hydrogen-bond donors (Lipinski definition) is 1. The van der Waals surface area contributed by atoms with Gasteiger partial charge in [0.05, 0.1) is 25.4 Å². The predicted molar refractivity (Wildman–Crippen MR) is 127 cm³/mol. The number of ether oxygens (including phenoxy) is 2. The summed E-state index contributed by atoms with van der Waals surface area (Å²) < 4.78 is 12.5. The number of aromatic carboxylic acids is 1. The molecule has 0 radical (unpaired) electrons. The van der Waals surface area contributed by atoms with Crippen molar-refractivity contribution in [3.05, 3.63) is 95.2 Å². The SMILES string of the molecule is CCOc1ccc(CNCc2c(C(=O)[O-])n(Cc3ccc(OC)cc3)c3ccccc23)cc1. The summed E-state index contributed by atoms with van der Waals surface area (Å²) in [7, 11) is 1.62. The Morgan fingerprint density at radius 2 is 1.58 bits per heavy atom. The molecule has 0 aliphatic carbocycles. The van der Waals surface area contributed by atoms with E-state index in [0.29, 0.717) is 26.2 Å². The molecule has 0 saturated carbocycles. The van der Waals surface area contributed by atoms with Gasteiger partial charge >= 0.3 is 0 Å². The number of para-hydroxylation sites is 1. The Morgan fingerprint density at radius 1 is 0.909 bits per heavy atom. The first-order valence-electron chi connectivity index (χ1n) is 11.0. The summed E-state index contributed by atoms with van der Waals surface area (Å²) in [6.45, 7) is 4.02. The van der Waals surface area contributed by atoms with E-state index >= 15 is 0 Å². The van der Waals surface area contributed by atoms with Gasteiger partial charge in [-0.15, -0.1) is 0 Å². The van der Waals surface area contributed by atoms with Gasteiger partial charge in [0.1, 0.15) is 11.5 Å². The first-order valence-corrected chi connectivity index (χ1v) is 11.0. The van der Waals surface area contributed by atoms with Crippen LogP contribution in [-0.4, -0.2) is 24.3 Å². The molecule has 0 amide bonds. The number of rotatable bonds is 10. The second kappa shape index (κ2) is 10.2. The van der Waals surface area contributed by atoms with Gasteiger partial charge in [0.2, 0.25) is 0 Å². The molecule has 170 valence electrons. The Kier molecular flexibility index (Phi) is 6.95. The Hall–Kier alpha value is -3.77. The van der Waals surface area contributed by atoms with E-state index < -0.39 is 5.97 Å². The molecule has 0 aliphatic heterocycles. The van der Waals surface area contributed by atoms with Crippen molar-refractivity contribution in [3.63, 3.8) is 0 Å². The fourth-order valence-corrected chi connectivity index (χ4v) is 4.07. The van der Waals surface area contributed by atoms with Crippen molar-refractivity contribution in [2.75, 3.05) is 13.7 Å². The quantitative estimate of drug-likeness (QED) is 0.404. The molecule has 3 aromatic carbocycles. The van der Waals surface area contributed by atoms with E-state index in [1.54, 1.807) is 7.11 Å². The number of carbonyl (C=O) groups excluding carboxylic acids is 1. The molecule has 0 spiro atoms. The number of fused-ring (bicyclic) bond motifs is 1. The number of carboxylic acid groups (broad SMARTS) is 1. The van der Waals surface area contributed by atoms with E-state index in [4.69, 9.17) is 9.47 Å². The molecule has 1 heterocycles. The van der Waals surface area contributed by atoms with Gasteiger partial charge in [-0.05, 0) is 48.4 Å². The van der Waals surface area contributed by atoms with Crippen molar-refractivity contribution < 1.29 is 19.4 Å². The molecule has 4 rings (SSSR count). The summed E-state index contributed by atoms with van der Waals surface area (Å²) in [5.41, 5.74) is 3.87. The first-order chi connectivity index (χ1) is 16.1. The minimum Gasteiger partial charge on any atom is -0.543 e. The molecule has 0 bridgehead atoms. The highest BCUT2D eigenvalue weighted by Crippen LogP contribution is 2.28. The lowest BCUT2D eigenvalue weighted by atomic mass is 10.1. The van der Waals surface area contributed by atoms with Gasteiger partial charge in [-0.3, -0.25) is 0 Å².